The molecule has 0 aliphatic carbocycles. The quantitative estimate of drug-likeness (QED) is 0.863. The van der Waals surface area contributed by atoms with Crippen LogP contribution in [0.15, 0.2) is 18.6 Å². The minimum Gasteiger partial charge on any atom is -0.357 e. The molecule has 1 amide bonds. The van der Waals surface area contributed by atoms with E-state index < -0.39 is 0 Å². The van der Waals surface area contributed by atoms with Crippen molar-refractivity contribution in [2.45, 2.75) is 32.2 Å². The fourth-order valence-electron chi connectivity index (χ4n) is 2.66. The molecule has 0 unspecified atom stereocenters. The highest BCUT2D eigenvalue weighted by Gasteiger charge is 2.31. The van der Waals surface area contributed by atoms with Crippen molar-refractivity contribution in [2.75, 3.05) is 6.54 Å². The molecule has 0 aromatic carbocycles. The number of nitrogens with zero attached hydrogens (tertiary/aromatic N) is 3. The van der Waals surface area contributed by atoms with E-state index in [1.165, 1.54) is 6.33 Å². The molecule has 6 heteroatoms. The molecule has 0 bridgehead atoms. The number of likely N-dealkylation sites (tertiary alicyclic amines) is 1. The largest absolute Gasteiger partial charge is 0.357 e. The van der Waals surface area contributed by atoms with Crippen LogP contribution in [-0.2, 0) is 0 Å². The Morgan fingerprint density at radius 2 is 2.37 bits per heavy atom. The van der Waals surface area contributed by atoms with Crippen LogP contribution in [0.1, 0.15) is 47.2 Å². The van der Waals surface area contributed by atoms with Crippen molar-refractivity contribution in [2.24, 2.45) is 0 Å². The molecule has 1 fully saturated rings. The van der Waals surface area contributed by atoms with E-state index in [0.717, 1.165) is 37.2 Å². The third-order valence-corrected chi connectivity index (χ3v) is 3.68. The van der Waals surface area contributed by atoms with E-state index in [0.29, 0.717) is 5.69 Å². The molecule has 19 heavy (non-hydrogen) atoms. The molecule has 0 spiro atoms. The van der Waals surface area contributed by atoms with Crippen LogP contribution in [0.25, 0.3) is 0 Å². The summed E-state index contributed by atoms with van der Waals surface area (Å²) in [5, 5.41) is 6.78. The molecule has 1 aliphatic rings. The fourth-order valence-corrected chi connectivity index (χ4v) is 2.66. The zero-order valence-electron chi connectivity index (χ0n) is 10.9. The van der Waals surface area contributed by atoms with Gasteiger partial charge in [0.2, 0.25) is 0 Å². The Bertz CT molecular complexity index is 559. The van der Waals surface area contributed by atoms with E-state index in [4.69, 9.17) is 0 Å². The van der Waals surface area contributed by atoms with Gasteiger partial charge in [0.05, 0.1) is 6.04 Å². The van der Waals surface area contributed by atoms with Crippen LogP contribution in [0.5, 0.6) is 0 Å². The molecule has 0 radical (unpaired) electrons. The number of H-pyrrole nitrogens is 2. The van der Waals surface area contributed by atoms with E-state index in [-0.39, 0.29) is 11.9 Å². The third-order valence-electron chi connectivity index (χ3n) is 3.68. The van der Waals surface area contributed by atoms with E-state index in [1.807, 2.05) is 17.9 Å². The van der Waals surface area contributed by atoms with Crippen molar-refractivity contribution in [1.29, 1.82) is 0 Å². The zero-order valence-corrected chi connectivity index (χ0v) is 10.9. The number of piperidine rings is 1. The summed E-state index contributed by atoms with van der Waals surface area (Å²) in [6, 6.07) is 1.92. The molecule has 3 rings (SSSR count). The SMILES string of the molecule is Cc1cc[nH]c1C(=O)N1CCCC[C@@H]1c1ncn[nH]1. The summed E-state index contributed by atoms with van der Waals surface area (Å²) >= 11 is 0. The summed E-state index contributed by atoms with van der Waals surface area (Å²) in [5.74, 6) is 0.820. The lowest BCUT2D eigenvalue weighted by molar-refractivity contribution is 0.0594. The second-order valence-corrected chi connectivity index (χ2v) is 4.92. The topological polar surface area (TPSA) is 77.7 Å². The van der Waals surface area contributed by atoms with Gasteiger partial charge in [-0.2, -0.15) is 5.10 Å². The van der Waals surface area contributed by atoms with Gasteiger partial charge < -0.3 is 9.88 Å². The third kappa shape index (κ3) is 2.14. The second kappa shape index (κ2) is 4.87. The first-order chi connectivity index (χ1) is 9.27. The minimum atomic E-state index is 0.00597. The van der Waals surface area contributed by atoms with Gasteiger partial charge in [-0.05, 0) is 37.8 Å². The van der Waals surface area contributed by atoms with E-state index in [2.05, 4.69) is 20.2 Å². The average Bonchev–Trinajstić information content (AvgIpc) is 3.09. The van der Waals surface area contributed by atoms with Crippen LogP contribution in [0.4, 0.5) is 0 Å². The van der Waals surface area contributed by atoms with Crippen molar-refractivity contribution in [3.8, 4) is 0 Å². The standard InChI is InChI=1S/C13H17N5O/c1-9-5-6-14-11(9)13(19)18-7-3-2-4-10(18)12-15-8-16-17-12/h5-6,8,10,14H,2-4,7H2,1H3,(H,15,16,17)/t10-/m1/s1. The van der Waals surface area contributed by atoms with Crippen LogP contribution in [0, 0.1) is 6.92 Å². The van der Waals surface area contributed by atoms with Crippen LogP contribution in [0.2, 0.25) is 0 Å². The first-order valence-electron chi connectivity index (χ1n) is 6.57. The molecule has 2 aromatic heterocycles. The Hall–Kier alpha value is -2.11. The predicted molar refractivity (Wildman–Crippen MR) is 69.5 cm³/mol. The molecule has 1 saturated heterocycles. The Morgan fingerprint density at radius 3 is 3.05 bits per heavy atom. The molecule has 6 nitrogen and oxygen atoms in total. The maximum atomic E-state index is 12.6. The number of amides is 1. The lowest BCUT2D eigenvalue weighted by atomic mass is 10.0. The Balaban J connectivity index is 1.89. The number of hydrogen-bond donors (Lipinski definition) is 2. The molecule has 100 valence electrons. The number of aryl methyl sites for hydroxylation is 1. The molecular weight excluding hydrogens is 242 g/mol. The first kappa shape index (κ1) is 12.0. The summed E-state index contributed by atoms with van der Waals surface area (Å²) in [7, 11) is 0. The highest BCUT2D eigenvalue weighted by atomic mass is 16.2. The highest BCUT2D eigenvalue weighted by Crippen LogP contribution is 2.30. The van der Waals surface area contributed by atoms with Gasteiger partial charge in [0.1, 0.15) is 17.8 Å². The number of aromatic nitrogens is 4. The van der Waals surface area contributed by atoms with Gasteiger partial charge in [-0.1, -0.05) is 0 Å². The Kier molecular flexibility index (Phi) is 3.06. The van der Waals surface area contributed by atoms with Crippen LogP contribution >= 0.6 is 0 Å². The van der Waals surface area contributed by atoms with Gasteiger partial charge in [0, 0.05) is 12.7 Å². The average molecular weight is 259 g/mol. The molecule has 1 aliphatic heterocycles. The molecule has 0 saturated carbocycles. The van der Waals surface area contributed by atoms with E-state index in [9.17, 15) is 4.79 Å². The highest BCUT2D eigenvalue weighted by molar-refractivity contribution is 5.94. The summed E-state index contributed by atoms with van der Waals surface area (Å²) in [6.07, 6.45) is 6.37. The summed E-state index contributed by atoms with van der Waals surface area (Å²) in [4.78, 5) is 21.7. The molecular formula is C13H17N5O. The van der Waals surface area contributed by atoms with Crippen molar-refractivity contribution < 1.29 is 4.79 Å². The van der Waals surface area contributed by atoms with Gasteiger partial charge in [-0.3, -0.25) is 9.89 Å². The molecule has 2 aromatic rings. The number of aromatic amines is 2. The molecule has 3 heterocycles. The van der Waals surface area contributed by atoms with Crippen molar-refractivity contribution in [1.82, 2.24) is 25.1 Å². The number of rotatable bonds is 2. The van der Waals surface area contributed by atoms with Gasteiger partial charge in [-0.15, -0.1) is 0 Å². The number of hydrogen-bond acceptors (Lipinski definition) is 3. The summed E-state index contributed by atoms with van der Waals surface area (Å²) in [6.45, 7) is 2.71. The van der Waals surface area contributed by atoms with Crippen molar-refractivity contribution in [3.05, 3.63) is 35.7 Å². The molecule has 1 atom stereocenters. The lowest BCUT2D eigenvalue weighted by Gasteiger charge is -2.34. The van der Waals surface area contributed by atoms with E-state index >= 15 is 0 Å². The Labute approximate surface area is 111 Å². The first-order valence-corrected chi connectivity index (χ1v) is 6.57. The van der Waals surface area contributed by atoms with Crippen LogP contribution < -0.4 is 0 Å². The maximum Gasteiger partial charge on any atom is 0.271 e. The number of carbonyl (C=O) groups excluding carboxylic acids is 1. The number of carbonyl (C=O) groups is 1. The zero-order chi connectivity index (χ0) is 13.2. The number of nitrogens with one attached hydrogen (secondary N) is 2. The van der Waals surface area contributed by atoms with Crippen molar-refractivity contribution >= 4 is 5.91 Å². The normalized spacial score (nSPS) is 19.6. The van der Waals surface area contributed by atoms with Gasteiger partial charge >= 0.3 is 0 Å². The van der Waals surface area contributed by atoms with Crippen LogP contribution in [0.3, 0.4) is 0 Å². The predicted octanol–water partition coefficient (Wildman–Crippen LogP) is 1.81. The maximum absolute atomic E-state index is 12.6. The summed E-state index contributed by atoms with van der Waals surface area (Å²) in [5.41, 5.74) is 1.65. The Morgan fingerprint density at radius 1 is 1.47 bits per heavy atom. The fraction of sp³-hybridized carbons (Fsp3) is 0.462. The lowest BCUT2D eigenvalue weighted by Crippen LogP contribution is -2.39. The summed E-state index contributed by atoms with van der Waals surface area (Å²) < 4.78 is 0. The van der Waals surface area contributed by atoms with Gasteiger partial charge in [-0.25, -0.2) is 4.98 Å². The van der Waals surface area contributed by atoms with Crippen LogP contribution in [-0.4, -0.2) is 37.5 Å². The van der Waals surface area contributed by atoms with Gasteiger partial charge in [0.25, 0.3) is 5.91 Å². The minimum absolute atomic E-state index is 0.00597. The molecule has 2 N–H and O–H groups in total. The van der Waals surface area contributed by atoms with E-state index in [1.54, 1.807) is 6.20 Å². The van der Waals surface area contributed by atoms with Gasteiger partial charge in [0.15, 0.2) is 0 Å². The monoisotopic (exact) mass is 259 g/mol. The second-order valence-electron chi connectivity index (χ2n) is 4.92. The van der Waals surface area contributed by atoms with Crippen molar-refractivity contribution in [3.63, 3.8) is 0 Å². The smallest absolute Gasteiger partial charge is 0.271 e.